The molecule has 6 heteroatoms. The number of aromatic nitrogens is 1. The van der Waals surface area contributed by atoms with Crippen LogP contribution in [-0.2, 0) is 15.4 Å². The molecular formula is C22H37N3O2S. The third kappa shape index (κ3) is 4.29. The largest absolute Gasteiger partial charge is 0.361 e. The Bertz CT molecular complexity index is 1010. The van der Waals surface area contributed by atoms with Gasteiger partial charge in [-0.2, -0.15) is 0 Å². The molecule has 1 heterocycles. The SMILES string of the molecule is [2H]C([2H])(N(C)CC)C(C)(C)c1c[nH]c2cc(C)c(C(C)S(=O)(=O)N(C)C(C)C)cc12. The van der Waals surface area contributed by atoms with E-state index in [0.717, 1.165) is 27.6 Å². The van der Waals surface area contributed by atoms with Crippen molar-refractivity contribution in [2.45, 2.75) is 65.2 Å². The molecule has 5 nitrogen and oxygen atoms in total. The predicted molar refractivity (Wildman–Crippen MR) is 119 cm³/mol. The van der Waals surface area contributed by atoms with E-state index in [1.165, 1.54) is 4.31 Å². The molecule has 2 rings (SSSR count). The van der Waals surface area contributed by atoms with Gasteiger partial charge in [-0.1, -0.05) is 20.8 Å². The van der Waals surface area contributed by atoms with Crippen LogP contribution in [0.4, 0.5) is 0 Å². The summed E-state index contributed by atoms with van der Waals surface area (Å²) in [7, 11) is -0.123. The summed E-state index contributed by atoms with van der Waals surface area (Å²) in [4.78, 5) is 4.96. The maximum atomic E-state index is 13.1. The van der Waals surface area contributed by atoms with Gasteiger partial charge >= 0.3 is 0 Å². The van der Waals surface area contributed by atoms with Gasteiger partial charge in [-0.15, -0.1) is 0 Å². The normalized spacial score (nSPS) is 16.1. The van der Waals surface area contributed by atoms with E-state index in [2.05, 4.69) is 4.98 Å². The zero-order valence-corrected chi connectivity index (χ0v) is 19.5. The van der Waals surface area contributed by atoms with Gasteiger partial charge in [0.2, 0.25) is 10.0 Å². The van der Waals surface area contributed by atoms with Crippen molar-refractivity contribution < 1.29 is 11.2 Å². The Morgan fingerprint density at radius 3 is 2.36 bits per heavy atom. The van der Waals surface area contributed by atoms with E-state index in [1.54, 1.807) is 25.9 Å². The van der Waals surface area contributed by atoms with E-state index in [0.29, 0.717) is 6.54 Å². The van der Waals surface area contributed by atoms with Gasteiger partial charge in [-0.25, -0.2) is 12.7 Å². The number of hydrogen-bond acceptors (Lipinski definition) is 3. The minimum Gasteiger partial charge on any atom is -0.361 e. The molecular weight excluding hydrogens is 370 g/mol. The van der Waals surface area contributed by atoms with Gasteiger partial charge in [0.15, 0.2) is 0 Å². The van der Waals surface area contributed by atoms with E-state index in [1.807, 2.05) is 59.9 Å². The van der Waals surface area contributed by atoms with Gasteiger partial charge in [-0.05, 0) is 70.1 Å². The van der Waals surface area contributed by atoms with Crippen LogP contribution < -0.4 is 0 Å². The van der Waals surface area contributed by atoms with Gasteiger partial charge < -0.3 is 9.88 Å². The number of sulfonamides is 1. The van der Waals surface area contributed by atoms with Gasteiger partial charge in [0.25, 0.3) is 0 Å². The maximum absolute atomic E-state index is 13.1. The quantitative estimate of drug-likeness (QED) is 0.701. The first-order valence-corrected chi connectivity index (χ1v) is 11.4. The Morgan fingerprint density at radius 2 is 1.82 bits per heavy atom. The molecule has 0 amide bonds. The molecule has 158 valence electrons. The first-order valence-electron chi connectivity index (χ1n) is 10.9. The summed E-state index contributed by atoms with van der Waals surface area (Å²) in [5, 5.41) is 0.165. The van der Waals surface area contributed by atoms with Gasteiger partial charge in [0.05, 0.1) is 5.25 Å². The van der Waals surface area contributed by atoms with Crippen LogP contribution in [0.25, 0.3) is 10.9 Å². The van der Waals surface area contributed by atoms with Crippen molar-refractivity contribution in [3.8, 4) is 0 Å². The Morgan fingerprint density at radius 1 is 1.21 bits per heavy atom. The average Bonchev–Trinajstić information content (AvgIpc) is 3.08. The first-order chi connectivity index (χ1) is 13.6. The van der Waals surface area contributed by atoms with Crippen molar-refractivity contribution in [1.29, 1.82) is 0 Å². The summed E-state index contributed by atoms with van der Waals surface area (Å²) in [6.45, 7) is 12.1. The molecule has 1 aromatic carbocycles. The lowest BCUT2D eigenvalue weighted by molar-refractivity contribution is 0.281. The molecule has 1 aromatic heterocycles. The van der Waals surface area contributed by atoms with Crippen LogP contribution in [0.15, 0.2) is 18.3 Å². The zero-order valence-electron chi connectivity index (χ0n) is 20.7. The smallest absolute Gasteiger partial charge is 0.220 e. The van der Waals surface area contributed by atoms with Gasteiger partial charge in [0.1, 0.15) is 0 Å². The molecule has 1 unspecified atom stereocenters. The zero-order chi connectivity index (χ0) is 23.2. The molecule has 0 saturated carbocycles. The fourth-order valence-corrected chi connectivity index (χ4v) is 5.23. The molecule has 0 fully saturated rings. The van der Waals surface area contributed by atoms with E-state index < -0.39 is 27.2 Å². The van der Waals surface area contributed by atoms with Crippen LogP contribution in [0.1, 0.15) is 66.2 Å². The minimum atomic E-state index is -3.52. The van der Waals surface area contributed by atoms with Crippen LogP contribution in [0.5, 0.6) is 0 Å². The van der Waals surface area contributed by atoms with E-state index >= 15 is 0 Å². The highest BCUT2D eigenvalue weighted by atomic mass is 32.2. The first kappa shape index (κ1) is 19.9. The Kier molecular flexibility index (Phi) is 5.81. The minimum absolute atomic E-state index is 0.125. The summed E-state index contributed by atoms with van der Waals surface area (Å²) < 4.78 is 45.1. The summed E-state index contributed by atoms with van der Waals surface area (Å²) in [6.07, 6.45) is 1.86. The summed E-state index contributed by atoms with van der Waals surface area (Å²) in [5.41, 5.74) is 2.55. The van der Waals surface area contributed by atoms with Crippen LogP contribution in [0, 0.1) is 6.92 Å². The Balaban J connectivity index is 2.67. The maximum Gasteiger partial charge on any atom is 0.220 e. The number of H-pyrrole nitrogens is 1. The second-order valence-corrected chi connectivity index (χ2v) is 10.8. The highest BCUT2D eigenvalue weighted by Crippen LogP contribution is 2.36. The lowest BCUT2D eigenvalue weighted by Crippen LogP contribution is -2.36. The van der Waals surface area contributed by atoms with Gasteiger partial charge in [0, 0.05) is 44.8 Å². The molecule has 28 heavy (non-hydrogen) atoms. The second kappa shape index (κ2) is 8.17. The number of rotatable bonds is 8. The third-order valence-electron chi connectivity index (χ3n) is 5.70. The number of aryl methyl sites for hydroxylation is 1. The fraction of sp³-hybridized carbons (Fsp3) is 0.636. The number of nitrogens with zero attached hydrogens (tertiary/aromatic N) is 2. The number of hydrogen-bond donors (Lipinski definition) is 1. The highest BCUT2D eigenvalue weighted by molar-refractivity contribution is 7.89. The van der Waals surface area contributed by atoms with Crippen molar-refractivity contribution >= 4 is 20.9 Å². The van der Waals surface area contributed by atoms with Crippen molar-refractivity contribution in [2.75, 3.05) is 27.1 Å². The van der Waals surface area contributed by atoms with Crippen molar-refractivity contribution in [3.05, 3.63) is 35.0 Å². The molecule has 0 bridgehead atoms. The summed E-state index contributed by atoms with van der Waals surface area (Å²) in [5.74, 6) is 0. The third-order valence-corrected chi connectivity index (χ3v) is 8.07. The number of aromatic amines is 1. The number of benzene rings is 1. The van der Waals surface area contributed by atoms with Crippen LogP contribution >= 0.6 is 0 Å². The molecule has 0 radical (unpaired) electrons. The molecule has 1 atom stereocenters. The second-order valence-electron chi connectivity index (χ2n) is 8.50. The lowest BCUT2D eigenvalue weighted by atomic mass is 9.83. The monoisotopic (exact) mass is 409 g/mol. The topological polar surface area (TPSA) is 56.4 Å². The molecule has 1 N–H and O–H groups in total. The molecule has 0 aliphatic carbocycles. The molecule has 0 saturated heterocycles. The molecule has 0 aliphatic heterocycles. The summed E-state index contributed by atoms with van der Waals surface area (Å²) >= 11 is 0. The fourth-order valence-electron chi connectivity index (χ4n) is 3.57. The van der Waals surface area contributed by atoms with Crippen LogP contribution in [0.3, 0.4) is 0 Å². The predicted octanol–water partition coefficient (Wildman–Crippen LogP) is 4.44. The van der Waals surface area contributed by atoms with Crippen molar-refractivity contribution in [2.24, 2.45) is 0 Å². The highest BCUT2D eigenvalue weighted by Gasteiger charge is 2.31. The molecule has 2 aromatic rings. The van der Waals surface area contributed by atoms with Crippen molar-refractivity contribution in [1.82, 2.24) is 14.2 Å². The number of likely N-dealkylation sites (N-methyl/N-ethyl adjacent to an activating group) is 1. The molecule has 0 spiro atoms. The van der Waals surface area contributed by atoms with Crippen LogP contribution in [-0.4, -0.2) is 55.8 Å². The van der Waals surface area contributed by atoms with Gasteiger partial charge in [-0.3, -0.25) is 0 Å². The van der Waals surface area contributed by atoms with E-state index in [4.69, 9.17) is 2.74 Å². The standard InChI is InChI=1S/C22H37N3O2S/c1-10-24(8)14-22(6,7)20-13-23-21-11-16(4)18(12-19(20)21)17(5)28(26,27)25(9)15(2)3/h11-13,15,17,23H,10,14H2,1-9H3/i14D2. The van der Waals surface area contributed by atoms with E-state index in [-0.39, 0.29) is 6.04 Å². The Labute approximate surface area is 174 Å². The average molecular weight is 410 g/mol. The van der Waals surface area contributed by atoms with Crippen molar-refractivity contribution in [3.63, 3.8) is 0 Å². The summed E-state index contributed by atoms with van der Waals surface area (Å²) in [6, 6.07) is 3.77. The number of nitrogens with one attached hydrogen (secondary N) is 1. The Hall–Kier alpha value is -1.37. The van der Waals surface area contributed by atoms with Crippen LogP contribution in [0.2, 0.25) is 0 Å². The lowest BCUT2D eigenvalue weighted by Gasteiger charge is -2.30. The molecule has 0 aliphatic rings. The van der Waals surface area contributed by atoms with E-state index in [9.17, 15) is 8.42 Å². The number of fused-ring (bicyclic) bond motifs is 1.